The summed E-state index contributed by atoms with van der Waals surface area (Å²) in [5.74, 6) is 8.31. The SMILES string of the molecule is CC(C)(C)c1nc(-n2c3[c-]cccc3c3ccccc32)nc(C(C)(C)C)n1.CC(C)(C)c1nc(-n2c3[c-]cccc3c3ccccc32)nc(C(C)(C)C)n1.CC(C)(C)c1nc(-n2c3[c-]cccc3c3ccccc32)nc(C(C)(C)C)n1.CC(C)(C)c1nc(-n2c3[c-]cccc3c3ccccc32)nc(C(C)(C)C)n1.CC(O)CC(C)O.Cc1n[n-]c(-c2ccccn2)n1.O=C(O)c1ccccn1.O=C(O)c1cnccn1.[Ir].[Ir].[Ir].[Ir]. The summed E-state index contributed by atoms with van der Waals surface area (Å²) in [6.07, 6.45) is 6.84. The summed E-state index contributed by atoms with van der Waals surface area (Å²) >= 11 is 0. The van der Waals surface area contributed by atoms with Crippen molar-refractivity contribution in [3.05, 3.63) is 325 Å². The monoisotopic (exact) mass is 2710 g/mol. The fraction of sp³-hybridized carbons (Fsp3) is 0.328. The van der Waals surface area contributed by atoms with Gasteiger partial charge in [0.1, 0.15) is 52.3 Å². The maximum absolute atomic E-state index is 10.1. The number of carbonyl (C=O) groups is 2. The summed E-state index contributed by atoms with van der Waals surface area (Å²) in [5.41, 5.74) is 7.78. The molecule has 4 radical (unpaired) electrons. The van der Waals surface area contributed by atoms with Gasteiger partial charge in [-0.2, -0.15) is 137 Å². The van der Waals surface area contributed by atoms with E-state index in [9.17, 15) is 9.59 Å². The number of aliphatic hydroxyl groups is 2. The first-order chi connectivity index (χ1) is 68.2. The third-order valence-corrected chi connectivity index (χ3v) is 22.4. The van der Waals surface area contributed by atoms with Crippen molar-refractivity contribution < 1.29 is 110 Å². The van der Waals surface area contributed by atoms with Crippen LogP contribution < -0.4 is 5.10 Å². The molecule has 29 nitrogen and oxygen atoms in total. The Morgan fingerprint density at radius 3 is 0.745 bits per heavy atom. The summed E-state index contributed by atoms with van der Waals surface area (Å²) in [5, 5.41) is 50.7. The molecule has 0 saturated carbocycles. The minimum absolute atomic E-state index is 0. The number of carboxylic acids is 2. The molecule has 12 heterocycles. The normalized spacial score (nSPS) is 12.1. The van der Waals surface area contributed by atoms with Gasteiger partial charge in [-0.05, 0) is 103 Å². The summed E-state index contributed by atoms with van der Waals surface area (Å²) < 4.78 is 8.43. The first-order valence-corrected chi connectivity index (χ1v) is 48.2. The molecule has 8 aromatic carbocycles. The number of nitrogens with zero attached hydrogens (tertiary/aromatic N) is 23. The molecule has 0 spiro atoms. The molecular formula is C116H128Ir4N23O6-5. The molecular weight excluding hydrogens is 2580 g/mol. The molecule has 0 saturated heterocycles. The van der Waals surface area contributed by atoms with Gasteiger partial charge in [0.25, 0.3) is 0 Å². The van der Waals surface area contributed by atoms with Crippen LogP contribution in [0.3, 0.4) is 0 Å². The van der Waals surface area contributed by atoms with Crippen LogP contribution in [0.1, 0.15) is 260 Å². The average Bonchev–Trinajstić information content (AvgIpc) is 1.61. The van der Waals surface area contributed by atoms with Crippen LogP contribution in [0.25, 0.3) is 123 Å². The summed E-state index contributed by atoms with van der Waals surface area (Å²) in [6.45, 7) is 56.4. The van der Waals surface area contributed by atoms with Crippen molar-refractivity contribution in [3.8, 4) is 35.3 Å². The number of pyridine rings is 2. The van der Waals surface area contributed by atoms with Crippen molar-refractivity contribution in [1.29, 1.82) is 0 Å². The van der Waals surface area contributed by atoms with Crippen molar-refractivity contribution in [2.24, 2.45) is 0 Å². The van der Waals surface area contributed by atoms with Crippen LogP contribution >= 0.6 is 0 Å². The van der Waals surface area contributed by atoms with Crippen LogP contribution in [-0.4, -0.2) is 153 Å². The van der Waals surface area contributed by atoms with E-state index in [-0.39, 0.29) is 147 Å². The largest absolute Gasteiger partial charge is 0.477 e. The van der Waals surface area contributed by atoms with Crippen LogP contribution in [0.5, 0.6) is 0 Å². The van der Waals surface area contributed by atoms with Gasteiger partial charge in [0.2, 0.25) is 23.8 Å². The van der Waals surface area contributed by atoms with Gasteiger partial charge >= 0.3 is 11.9 Å². The molecule has 12 aromatic heterocycles. The van der Waals surface area contributed by atoms with Crippen molar-refractivity contribution in [3.63, 3.8) is 0 Å². The fourth-order valence-corrected chi connectivity index (χ4v) is 15.1. The first kappa shape index (κ1) is 120. The van der Waals surface area contributed by atoms with Crippen LogP contribution in [0, 0.1) is 31.2 Å². The van der Waals surface area contributed by atoms with Gasteiger partial charge < -0.3 is 48.8 Å². The molecule has 149 heavy (non-hydrogen) atoms. The maximum Gasteiger partial charge on any atom is 0.356 e. The Balaban J connectivity index is 0.000000196. The van der Waals surface area contributed by atoms with E-state index in [1.54, 1.807) is 39.1 Å². The first-order valence-electron chi connectivity index (χ1n) is 48.2. The second kappa shape index (κ2) is 49.6. The van der Waals surface area contributed by atoms with E-state index in [4.69, 9.17) is 80.2 Å². The number of aliphatic hydroxyl groups excluding tert-OH is 2. The summed E-state index contributed by atoms with van der Waals surface area (Å²) in [4.78, 5) is 97.3. The van der Waals surface area contributed by atoms with Crippen molar-refractivity contribution in [1.82, 2.24) is 113 Å². The van der Waals surface area contributed by atoms with Gasteiger partial charge in [0.05, 0.1) is 24.1 Å². The zero-order valence-electron chi connectivity index (χ0n) is 89.1. The molecule has 2 unspecified atom stereocenters. The van der Waals surface area contributed by atoms with E-state index in [1.807, 2.05) is 91.0 Å². The zero-order valence-corrected chi connectivity index (χ0v) is 98.7. The van der Waals surface area contributed by atoms with Crippen molar-refractivity contribution in [2.75, 3.05) is 0 Å². The third kappa shape index (κ3) is 29.6. The molecule has 0 aliphatic carbocycles. The van der Waals surface area contributed by atoms with Crippen molar-refractivity contribution in [2.45, 2.75) is 249 Å². The number of hydrogen-bond acceptors (Lipinski definition) is 22. The molecule has 33 heteroatoms. The van der Waals surface area contributed by atoms with Gasteiger partial charge in [0, 0.05) is 176 Å². The van der Waals surface area contributed by atoms with Gasteiger partial charge in [-0.25, -0.2) is 39.5 Å². The second-order valence-electron chi connectivity index (χ2n) is 43.5. The van der Waals surface area contributed by atoms with Crippen LogP contribution in [0.4, 0.5) is 0 Å². The van der Waals surface area contributed by atoms with Crippen molar-refractivity contribution >= 4 is 99.2 Å². The smallest absolute Gasteiger partial charge is 0.356 e. The van der Waals surface area contributed by atoms with Gasteiger partial charge in [-0.1, -0.05) is 273 Å². The standard InChI is InChI=1S/4C23H25N4.C8H7N4.C6H5NO2.C5H4N2O2.C5H12O2.4Ir/c4*1-22(2,3)19-24-20(23(4,5)6)26-21(25-19)27-17-13-9-7-11-15(17)16-12-8-10-14-18(16)27;1-6-10-8(12-11-6)7-4-2-3-5-9-7;8-6(9)5-3-1-2-4-7-5;8-5(9)4-3-6-1-2-7-4;1-4(6)3-5(2)7;;;;/h4*7-13H,1-6H3;2-5H,1H3;1-4H,(H,8,9);1-3H,(H,8,9);4-7H,3H2,1-2H3;;;;/q5*-1;;;;;;;. The van der Waals surface area contributed by atoms with Gasteiger partial charge in [-0.3, -0.25) is 15.1 Å². The van der Waals surface area contributed by atoms with Crippen LogP contribution in [-0.2, 0) is 124 Å². The molecule has 784 valence electrons. The molecule has 0 aliphatic heterocycles. The molecule has 4 N–H and O–H groups in total. The molecule has 20 rings (SSSR count). The van der Waals surface area contributed by atoms with Gasteiger partial charge in [0.15, 0.2) is 5.69 Å². The van der Waals surface area contributed by atoms with Gasteiger partial charge in [-0.15, -0.1) is 21.5 Å². The third-order valence-electron chi connectivity index (χ3n) is 22.4. The Morgan fingerprint density at radius 2 is 0.550 bits per heavy atom. The minimum Gasteiger partial charge on any atom is -0.477 e. The molecule has 0 amide bonds. The minimum atomic E-state index is -1.05. The van der Waals surface area contributed by atoms with Crippen LogP contribution in [0.15, 0.2) is 237 Å². The van der Waals surface area contributed by atoms with E-state index in [0.717, 1.165) is 118 Å². The number of fused-ring (bicyclic) bond motifs is 12. The molecule has 0 aliphatic rings. The predicted octanol–water partition coefficient (Wildman–Crippen LogP) is 23.3. The molecule has 20 aromatic rings. The van der Waals surface area contributed by atoms with E-state index < -0.39 is 11.9 Å². The fourth-order valence-electron chi connectivity index (χ4n) is 15.1. The average molecular weight is 2710 g/mol. The second-order valence-corrected chi connectivity index (χ2v) is 43.5. The Morgan fingerprint density at radius 1 is 0.302 bits per heavy atom. The van der Waals surface area contributed by atoms with E-state index in [0.29, 0.717) is 41.9 Å². The number of carboxylic acid groups (broad SMARTS) is 2. The Labute approximate surface area is 924 Å². The number of rotatable bonds is 9. The van der Waals surface area contributed by atoms with Crippen LogP contribution in [0.2, 0.25) is 0 Å². The number of para-hydroxylation sites is 8. The van der Waals surface area contributed by atoms with E-state index in [1.165, 1.54) is 52.4 Å². The molecule has 0 fully saturated rings. The maximum atomic E-state index is 10.1. The number of aromatic nitrogens is 23. The van der Waals surface area contributed by atoms with E-state index >= 15 is 0 Å². The Kier molecular flexibility index (Phi) is 39.8. The zero-order chi connectivity index (χ0) is 105. The Hall–Kier alpha value is -13.0. The topological polar surface area (TPSA) is 381 Å². The number of aryl methyl sites for hydroxylation is 1. The van der Waals surface area contributed by atoms with E-state index in [2.05, 4.69) is 341 Å². The number of benzene rings is 8. The summed E-state index contributed by atoms with van der Waals surface area (Å²) in [7, 11) is 0. The number of hydrogen-bond donors (Lipinski definition) is 4. The Bertz CT molecular complexity index is 6800. The molecule has 0 bridgehead atoms. The number of aromatic carboxylic acids is 2. The predicted molar refractivity (Wildman–Crippen MR) is 573 cm³/mol. The quantitative estimate of drug-likeness (QED) is 0.0975. The molecule has 2 atom stereocenters. The summed E-state index contributed by atoms with van der Waals surface area (Å²) in [6, 6.07) is 81.7.